The first kappa shape index (κ1) is 14.4. The molecule has 1 aliphatic rings. The van der Waals surface area contributed by atoms with Crippen LogP contribution in [0.3, 0.4) is 0 Å². The molecule has 1 heterocycles. The summed E-state index contributed by atoms with van der Waals surface area (Å²) in [5.74, 6) is 0.555. The topological polar surface area (TPSA) is 58.6 Å². The van der Waals surface area contributed by atoms with Crippen molar-refractivity contribution >= 4 is 17.5 Å². The highest BCUT2D eigenvalue weighted by Crippen LogP contribution is 2.28. The number of anilines is 1. The number of hydrogen-bond acceptors (Lipinski definition) is 3. The number of nitrogens with zero attached hydrogens (tertiary/aromatic N) is 1. The number of hydrogen-bond donors (Lipinski definition) is 1. The molecule has 5 nitrogen and oxygen atoms in total. The van der Waals surface area contributed by atoms with E-state index >= 15 is 0 Å². The summed E-state index contributed by atoms with van der Waals surface area (Å²) in [5, 5.41) is 2.75. The summed E-state index contributed by atoms with van der Waals surface area (Å²) < 4.78 is 5.17. The maximum Gasteiger partial charge on any atom is 0.250 e. The highest BCUT2D eigenvalue weighted by Gasteiger charge is 2.38. The molecule has 1 aromatic carbocycles. The molecule has 0 aromatic heterocycles. The van der Waals surface area contributed by atoms with Crippen LogP contribution in [0.25, 0.3) is 0 Å². The molecule has 20 heavy (non-hydrogen) atoms. The number of aryl methyl sites for hydroxylation is 1. The SMILES string of the molecule is CCC1NC(=O)C(C)N(c2ccc(OC)cc2C)C1=O. The first-order chi connectivity index (χ1) is 9.49. The second-order valence-corrected chi connectivity index (χ2v) is 5.01. The lowest BCUT2D eigenvalue weighted by Gasteiger charge is -2.37. The van der Waals surface area contributed by atoms with Gasteiger partial charge < -0.3 is 10.1 Å². The molecule has 1 saturated heterocycles. The lowest BCUT2D eigenvalue weighted by atomic mass is 10.0. The molecular formula is C15H20N2O3. The van der Waals surface area contributed by atoms with Crippen LogP contribution in [0.1, 0.15) is 25.8 Å². The van der Waals surface area contributed by atoms with Crippen molar-refractivity contribution in [3.63, 3.8) is 0 Å². The normalized spacial score (nSPS) is 22.7. The minimum Gasteiger partial charge on any atom is -0.497 e. The van der Waals surface area contributed by atoms with Crippen molar-refractivity contribution in [1.29, 1.82) is 0 Å². The van der Waals surface area contributed by atoms with Gasteiger partial charge >= 0.3 is 0 Å². The van der Waals surface area contributed by atoms with Crippen molar-refractivity contribution in [2.45, 2.75) is 39.3 Å². The molecule has 0 saturated carbocycles. The van der Waals surface area contributed by atoms with Gasteiger partial charge in [-0.25, -0.2) is 0 Å². The quantitative estimate of drug-likeness (QED) is 0.913. The molecule has 5 heteroatoms. The van der Waals surface area contributed by atoms with Crippen LogP contribution in [0.15, 0.2) is 18.2 Å². The van der Waals surface area contributed by atoms with Gasteiger partial charge in [0, 0.05) is 5.69 Å². The zero-order valence-electron chi connectivity index (χ0n) is 12.3. The van der Waals surface area contributed by atoms with E-state index in [1.807, 2.05) is 26.0 Å². The molecule has 0 spiro atoms. The summed E-state index contributed by atoms with van der Waals surface area (Å²) in [6.07, 6.45) is 0.586. The van der Waals surface area contributed by atoms with Gasteiger partial charge in [-0.2, -0.15) is 0 Å². The largest absolute Gasteiger partial charge is 0.497 e. The van der Waals surface area contributed by atoms with E-state index in [0.29, 0.717) is 6.42 Å². The van der Waals surface area contributed by atoms with Gasteiger partial charge in [-0.05, 0) is 44.0 Å². The fourth-order valence-electron chi connectivity index (χ4n) is 2.46. The van der Waals surface area contributed by atoms with Crippen molar-refractivity contribution in [1.82, 2.24) is 5.32 Å². The van der Waals surface area contributed by atoms with Crippen LogP contribution in [0.2, 0.25) is 0 Å². The third-order valence-corrected chi connectivity index (χ3v) is 3.69. The van der Waals surface area contributed by atoms with Crippen LogP contribution >= 0.6 is 0 Å². The molecule has 0 radical (unpaired) electrons. The van der Waals surface area contributed by atoms with Crippen LogP contribution < -0.4 is 15.0 Å². The van der Waals surface area contributed by atoms with Gasteiger partial charge in [-0.15, -0.1) is 0 Å². The number of methoxy groups -OCH3 is 1. The Morgan fingerprint density at radius 2 is 2.05 bits per heavy atom. The van der Waals surface area contributed by atoms with E-state index in [9.17, 15) is 9.59 Å². The molecular weight excluding hydrogens is 256 g/mol. The summed E-state index contributed by atoms with van der Waals surface area (Å²) in [6.45, 7) is 5.53. The van der Waals surface area contributed by atoms with E-state index in [1.165, 1.54) is 0 Å². The second kappa shape index (κ2) is 5.53. The van der Waals surface area contributed by atoms with E-state index in [2.05, 4.69) is 5.32 Å². The van der Waals surface area contributed by atoms with E-state index in [-0.39, 0.29) is 11.8 Å². The summed E-state index contributed by atoms with van der Waals surface area (Å²) >= 11 is 0. The fourth-order valence-corrected chi connectivity index (χ4v) is 2.46. The summed E-state index contributed by atoms with van der Waals surface area (Å²) in [7, 11) is 1.60. The lowest BCUT2D eigenvalue weighted by molar-refractivity contribution is -0.133. The standard InChI is InChI=1S/C15H20N2O3/c1-5-12-15(19)17(10(3)14(18)16-12)13-7-6-11(20-4)8-9(13)2/h6-8,10,12H,5H2,1-4H3,(H,16,18). The van der Waals surface area contributed by atoms with Gasteiger partial charge in [-0.1, -0.05) is 6.92 Å². The van der Waals surface area contributed by atoms with E-state index in [4.69, 9.17) is 4.74 Å². The Kier molecular flexibility index (Phi) is 3.97. The van der Waals surface area contributed by atoms with Gasteiger partial charge in [0.05, 0.1) is 7.11 Å². The predicted octanol–water partition coefficient (Wildman–Crippen LogP) is 1.63. The zero-order chi connectivity index (χ0) is 14.9. The van der Waals surface area contributed by atoms with E-state index in [0.717, 1.165) is 17.0 Å². The van der Waals surface area contributed by atoms with Gasteiger partial charge in [0.25, 0.3) is 0 Å². The van der Waals surface area contributed by atoms with Crippen LogP contribution in [0, 0.1) is 6.92 Å². The number of amides is 2. The average Bonchev–Trinajstić information content (AvgIpc) is 2.44. The van der Waals surface area contributed by atoms with Gasteiger partial charge in [0.1, 0.15) is 17.8 Å². The zero-order valence-corrected chi connectivity index (χ0v) is 12.3. The molecule has 1 N–H and O–H groups in total. The van der Waals surface area contributed by atoms with Gasteiger partial charge in [0.2, 0.25) is 11.8 Å². The average molecular weight is 276 g/mol. The van der Waals surface area contributed by atoms with Crippen molar-refractivity contribution in [3.05, 3.63) is 23.8 Å². The number of carbonyl (C=O) groups excluding carboxylic acids is 2. The van der Waals surface area contributed by atoms with Crippen LogP contribution in [-0.4, -0.2) is 31.0 Å². The highest BCUT2D eigenvalue weighted by molar-refractivity contribution is 6.08. The molecule has 0 aliphatic carbocycles. The Morgan fingerprint density at radius 3 is 2.60 bits per heavy atom. The Labute approximate surface area is 118 Å². The third-order valence-electron chi connectivity index (χ3n) is 3.69. The van der Waals surface area contributed by atoms with Gasteiger partial charge in [0.15, 0.2) is 0 Å². The number of benzene rings is 1. The van der Waals surface area contributed by atoms with E-state index in [1.54, 1.807) is 25.0 Å². The first-order valence-electron chi connectivity index (χ1n) is 6.77. The fraction of sp³-hybridized carbons (Fsp3) is 0.467. The highest BCUT2D eigenvalue weighted by atomic mass is 16.5. The smallest absolute Gasteiger partial charge is 0.250 e. The Bertz CT molecular complexity index is 542. The third kappa shape index (κ3) is 2.35. The molecule has 1 fully saturated rings. The summed E-state index contributed by atoms with van der Waals surface area (Å²) in [4.78, 5) is 26.1. The predicted molar refractivity (Wildman–Crippen MR) is 76.9 cm³/mol. The Morgan fingerprint density at radius 1 is 1.35 bits per heavy atom. The Balaban J connectivity index is 2.42. The van der Waals surface area contributed by atoms with Crippen LogP contribution in [0.5, 0.6) is 5.75 Å². The van der Waals surface area contributed by atoms with Gasteiger partial charge in [-0.3, -0.25) is 14.5 Å². The maximum atomic E-state index is 12.5. The summed E-state index contributed by atoms with van der Waals surface area (Å²) in [5.41, 5.74) is 1.67. The van der Waals surface area contributed by atoms with Crippen molar-refractivity contribution < 1.29 is 14.3 Å². The van der Waals surface area contributed by atoms with E-state index < -0.39 is 12.1 Å². The number of piperazine rings is 1. The molecule has 0 bridgehead atoms. The molecule has 2 amide bonds. The minimum atomic E-state index is -0.502. The first-order valence-corrected chi connectivity index (χ1v) is 6.77. The van der Waals surface area contributed by atoms with Crippen LogP contribution in [-0.2, 0) is 9.59 Å². The Hall–Kier alpha value is -2.04. The van der Waals surface area contributed by atoms with Crippen molar-refractivity contribution in [3.8, 4) is 5.75 Å². The molecule has 108 valence electrons. The van der Waals surface area contributed by atoms with Crippen molar-refractivity contribution in [2.75, 3.05) is 12.0 Å². The second-order valence-electron chi connectivity index (χ2n) is 5.01. The van der Waals surface area contributed by atoms with Crippen molar-refractivity contribution in [2.24, 2.45) is 0 Å². The summed E-state index contributed by atoms with van der Waals surface area (Å²) in [6, 6.07) is 4.55. The number of ether oxygens (including phenoxy) is 1. The lowest BCUT2D eigenvalue weighted by Crippen LogP contribution is -2.62. The molecule has 1 aliphatic heterocycles. The molecule has 2 rings (SSSR count). The number of nitrogens with one attached hydrogen (secondary N) is 1. The maximum absolute atomic E-state index is 12.5. The monoisotopic (exact) mass is 276 g/mol. The number of rotatable bonds is 3. The molecule has 2 unspecified atom stereocenters. The number of carbonyl (C=O) groups is 2. The molecule has 1 aromatic rings. The molecule has 2 atom stereocenters. The van der Waals surface area contributed by atoms with Crippen LogP contribution in [0.4, 0.5) is 5.69 Å². The minimum absolute atomic E-state index is 0.0622.